The molecular weight excluding hydrogens is 192 g/mol. The van der Waals surface area contributed by atoms with Gasteiger partial charge in [0.2, 0.25) is 0 Å². The number of hydrogen-bond acceptors (Lipinski definition) is 3. The van der Waals surface area contributed by atoms with Crippen LogP contribution in [-0.2, 0) is 7.05 Å². The van der Waals surface area contributed by atoms with Gasteiger partial charge in [-0.3, -0.25) is 9.36 Å². The maximum Gasteiger partial charge on any atom is 0.350 e. The third-order valence-corrected chi connectivity index (χ3v) is 2.34. The molecule has 0 unspecified atom stereocenters. The molecule has 0 aliphatic rings. The predicted molar refractivity (Wildman–Crippen MR) is 58.0 cm³/mol. The maximum atomic E-state index is 11.8. The second kappa shape index (κ2) is 3.31. The van der Waals surface area contributed by atoms with Gasteiger partial charge in [0, 0.05) is 24.0 Å². The van der Waals surface area contributed by atoms with Crippen LogP contribution in [0, 0.1) is 6.92 Å². The van der Waals surface area contributed by atoms with E-state index in [-0.39, 0.29) is 5.56 Å². The van der Waals surface area contributed by atoms with Crippen molar-refractivity contribution in [1.82, 2.24) is 9.55 Å². The molecule has 2 aromatic rings. The minimum atomic E-state index is -0.533. The highest BCUT2D eigenvalue weighted by Crippen LogP contribution is 2.08. The SMILES string of the molecule is Cc1ccc2cnc(=O)n(C)c(=O)c2c1. The van der Waals surface area contributed by atoms with Gasteiger partial charge in [-0.1, -0.05) is 17.7 Å². The Hall–Kier alpha value is -1.97. The summed E-state index contributed by atoms with van der Waals surface area (Å²) in [5.41, 5.74) is 0.142. The van der Waals surface area contributed by atoms with E-state index in [1.54, 1.807) is 12.1 Å². The van der Waals surface area contributed by atoms with Crippen LogP contribution in [0.2, 0.25) is 0 Å². The largest absolute Gasteiger partial charge is 0.350 e. The van der Waals surface area contributed by atoms with Gasteiger partial charge in [0.05, 0.1) is 0 Å². The van der Waals surface area contributed by atoms with Gasteiger partial charge in [0.25, 0.3) is 5.56 Å². The lowest BCUT2D eigenvalue weighted by atomic mass is 10.1. The van der Waals surface area contributed by atoms with E-state index in [1.165, 1.54) is 13.2 Å². The van der Waals surface area contributed by atoms with Crippen LogP contribution in [0.15, 0.2) is 34.0 Å². The molecule has 1 aromatic carbocycles. The first-order valence-electron chi connectivity index (χ1n) is 4.56. The van der Waals surface area contributed by atoms with Crippen molar-refractivity contribution in [1.29, 1.82) is 0 Å². The van der Waals surface area contributed by atoms with Gasteiger partial charge >= 0.3 is 5.69 Å². The Morgan fingerprint density at radius 2 is 2.00 bits per heavy atom. The second-order valence-corrected chi connectivity index (χ2v) is 3.50. The van der Waals surface area contributed by atoms with Gasteiger partial charge in [-0.15, -0.1) is 0 Å². The van der Waals surface area contributed by atoms with Crippen LogP contribution in [0.1, 0.15) is 5.56 Å². The van der Waals surface area contributed by atoms with Crippen molar-refractivity contribution in [3.8, 4) is 0 Å². The van der Waals surface area contributed by atoms with Gasteiger partial charge < -0.3 is 0 Å². The zero-order chi connectivity index (χ0) is 11.0. The Kier molecular flexibility index (Phi) is 2.11. The number of aromatic nitrogens is 2. The number of aryl methyl sites for hydroxylation is 1. The van der Waals surface area contributed by atoms with Crippen molar-refractivity contribution < 1.29 is 0 Å². The summed E-state index contributed by atoms with van der Waals surface area (Å²) in [6.45, 7) is 1.90. The summed E-state index contributed by atoms with van der Waals surface area (Å²) in [4.78, 5) is 26.8. The Labute approximate surface area is 85.8 Å². The summed E-state index contributed by atoms with van der Waals surface area (Å²) < 4.78 is 1.02. The van der Waals surface area contributed by atoms with Crippen molar-refractivity contribution in [3.05, 3.63) is 50.8 Å². The number of rotatable bonds is 0. The fraction of sp³-hybridized carbons (Fsp3) is 0.182. The first-order valence-corrected chi connectivity index (χ1v) is 4.56. The lowest BCUT2D eigenvalue weighted by Crippen LogP contribution is -2.28. The van der Waals surface area contributed by atoms with Crippen LogP contribution in [-0.4, -0.2) is 9.55 Å². The van der Waals surface area contributed by atoms with Gasteiger partial charge in [-0.05, 0) is 13.0 Å². The fourth-order valence-corrected chi connectivity index (χ4v) is 1.45. The van der Waals surface area contributed by atoms with Crippen LogP contribution in [0.25, 0.3) is 10.8 Å². The maximum absolute atomic E-state index is 11.8. The predicted octanol–water partition coefficient (Wildman–Crippen LogP) is 0.602. The standard InChI is InChI=1S/C11H10N2O2/c1-7-3-4-8-6-12-11(15)13(2)10(14)9(8)5-7/h3-6H,1-2H3. The Bertz CT molecular complexity index is 644. The molecule has 1 heterocycles. The molecule has 4 heteroatoms. The second-order valence-electron chi connectivity index (χ2n) is 3.50. The number of benzene rings is 1. The lowest BCUT2D eigenvalue weighted by Gasteiger charge is -1.93. The zero-order valence-corrected chi connectivity index (χ0v) is 8.52. The first kappa shape index (κ1) is 9.58. The molecule has 0 saturated heterocycles. The van der Waals surface area contributed by atoms with Gasteiger partial charge in [0.1, 0.15) is 0 Å². The summed E-state index contributed by atoms with van der Waals surface area (Å²) in [5, 5.41) is 1.20. The van der Waals surface area contributed by atoms with E-state index in [9.17, 15) is 9.59 Å². The van der Waals surface area contributed by atoms with E-state index < -0.39 is 5.69 Å². The number of fused-ring (bicyclic) bond motifs is 1. The normalized spacial score (nSPS) is 10.5. The average Bonchev–Trinajstić information content (AvgIpc) is 2.32. The Morgan fingerprint density at radius 1 is 1.27 bits per heavy atom. The molecule has 1 aromatic heterocycles. The van der Waals surface area contributed by atoms with E-state index in [0.29, 0.717) is 10.8 Å². The van der Waals surface area contributed by atoms with E-state index in [0.717, 1.165) is 10.1 Å². The molecule has 0 radical (unpaired) electrons. The van der Waals surface area contributed by atoms with Crippen LogP contribution < -0.4 is 11.2 Å². The highest BCUT2D eigenvalue weighted by Gasteiger charge is 2.01. The van der Waals surface area contributed by atoms with E-state index in [2.05, 4.69) is 4.98 Å². The van der Waals surface area contributed by atoms with Crippen molar-refractivity contribution in [2.24, 2.45) is 7.05 Å². The number of nitrogens with zero attached hydrogens (tertiary/aromatic N) is 2. The van der Waals surface area contributed by atoms with Gasteiger partial charge in [-0.2, -0.15) is 0 Å². The molecule has 0 aliphatic carbocycles. The van der Waals surface area contributed by atoms with Crippen LogP contribution in [0.5, 0.6) is 0 Å². The summed E-state index contributed by atoms with van der Waals surface area (Å²) in [5.74, 6) is 0. The fourth-order valence-electron chi connectivity index (χ4n) is 1.45. The smallest absolute Gasteiger partial charge is 0.269 e. The van der Waals surface area contributed by atoms with Crippen molar-refractivity contribution >= 4 is 10.8 Å². The highest BCUT2D eigenvalue weighted by molar-refractivity contribution is 5.80. The summed E-state index contributed by atoms with van der Waals surface area (Å²) >= 11 is 0. The van der Waals surface area contributed by atoms with Crippen LogP contribution >= 0.6 is 0 Å². The van der Waals surface area contributed by atoms with E-state index in [1.807, 2.05) is 13.0 Å². The minimum absolute atomic E-state index is 0.309. The summed E-state index contributed by atoms with van der Waals surface area (Å²) in [6, 6.07) is 5.44. The van der Waals surface area contributed by atoms with Gasteiger partial charge in [-0.25, -0.2) is 9.78 Å². The third-order valence-electron chi connectivity index (χ3n) is 2.34. The molecule has 0 aliphatic heterocycles. The average molecular weight is 202 g/mol. The number of hydrogen-bond donors (Lipinski definition) is 0. The molecule has 2 rings (SSSR count). The molecule has 0 spiro atoms. The molecule has 0 fully saturated rings. The van der Waals surface area contributed by atoms with Crippen molar-refractivity contribution in [3.63, 3.8) is 0 Å². The molecule has 0 amide bonds. The van der Waals surface area contributed by atoms with Crippen molar-refractivity contribution in [2.45, 2.75) is 6.92 Å². The monoisotopic (exact) mass is 202 g/mol. The molecule has 0 N–H and O–H groups in total. The Morgan fingerprint density at radius 3 is 2.73 bits per heavy atom. The van der Waals surface area contributed by atoms with Crippen molar-refractivity contribution in [2.75, 3.05) is 0 Å². The zero-order valence-electron chi connectivity index (χ0n) is 8.52. The molecular formula is C11H10N2O2. The highest BCUT2D eigenvalue weighted by atomic mass is 16.2. The van der Waals surface area contributed by atoms with Crippen LogP contribution in [0.4, 0.5) is 0 Å². The first-order chi connectivity index (χ1) is 7.09. The molecule has 4 nitrogen and oxygen atoms in total. The molecule has 0 atom stereocenters. The topological polar surface area (TPSA) is 52.0 Å². The third kappa shape index (κ3) is 1.54. The van der Waals surface area contributed by atoms with E-state index in [4.69, 9.17) is 0 Å². The molecule has 0 bridgehead atoms. The molecule has 76 valence electrons. The van der Waals surface area contributed by atoms with Gasteiger partial charge in [0.15, 0.2) is 0 Å². The summed E-state index contributed by atoms with van der Waals surface area (Å²) in [7, 11) is 1.43. The Balaban J connectivity index is 3.12. The quantitative estimate of drug-likeness (QED) is 0.628. The molecule has 15 heavy (non-hydrogen) atoms. The molecule has 0 saturated carbocycles. The minimum Gasteiger partial charge on any atom is -0.269 e. The lowest BCUT2D eigenvalue weighted by molar-refractivity contribution is 0.801. The summed E-state index contributed by atoms with van der Waals surface area (Å²) in [6.07, 6.45) is 1.43. The van der Waals surface area contributed by atoms with Crippen LogP contribution in [0.3, 0.4) is 0 Å². The van der Waals surface area contributed by atoms with E-state index >= 15 is 0 Å².